The van der Waals surface area contributed by atoms with Crippen molar-refractivity contribution in [3.05, 3.63) is 10.1 Å². The Morgan fingerprint density at radius 2 is 1.40 bits per heavy atom. The summed E-state index contributed by atoms with van der Waals surface area (Å²) in [5, 5.41) is 9.00. The first kappa shape index (κ1) is 9.05. The van der Waals surface area contributed by atoms with Crippen LogP contribution in [0.25, 0.3) is 0 Å². The molecule has 0 aromatic carbocycles. The molecule has 0 aliphatic carbocycles. The Morgan fingerprint density at radius 1 is 1.10 bits per heavy atom. The average molecular weight is 165 g/mol. The van der Waals surface area contributed by atoms with Crippen LogP contribution in [0.2, 0.25) is 0 Å². The quantitative estimate of drug-likeness (QED) is 0.255. The second-order valence-corrected chi connectivity index (χ2v) is 1.30. The Balaban J connectivity index is 4.57. The summed E-state index contributed by atoms with van der Waals surface area (Å²) < 4.78 is 55.1. The molecular weight excluding hydrogens is 165 g/mol. The van der Waals surface area contributed by atoms with Gasteiger partial charge < -0.3 is 0 Å². The second-order valence-electron chi connectivity index (χ2n) is 1.30. The van der Waals surface area contributed by atoms with Crippen molar-refractivity contribution in [2.75, 3.05) is 0 Å². The summed E-state index contributed by atoms with van der Waals surface area (Å²) in [7, 11) is 0. The number of hydrogen-bond acceptors (Lipinski definition) is 2. The number of nitrogens with zero attached hydrogens (tertiary/aromatic N) is 1. The average Bonchev–Trinajstić information content (AvgIpc) is 1.62. The summed E-state index contributed by atoms with van der Waals surface area (Å²) in [5.41, 5.74) is 0. The minimum absolute atomic E-state index is 2.69. The van der Waals surface area contributed by atoms with E-state index in [-0.39, 0.29) is 0 Å². The number of alkyl halides is 5. The molecule has 0 spiro atoms. The summed E-state index contributed by atoms with van der Waals surface area (Å²) in [4.78, 5) is 6.32. The highest BCUT2D eigenvalue weighted by Gasteiger charge is 2.70. The third kappa shape index (κ3) is 1.31. The van der Waals surface area contributed by atoms with Gasteiger partial charge in [-0.2, -0.15) is 13.2 Å². The van der Waals surface area contributed by atoms with E-state index in [0.717, 1.165) is 0 Å². The maximum atomic E-state index is 11.2. The number of hydrogen-bond donors (Lipinski definition) is 0. The molecule has 0 fully saturated rings. The fourth-order valence-corrected chi connectivity index (χ4v) is 0.104. The monoisotopic (exact) mass is 165 g/mol. The SMILES string of the molecule is O=[N+]([O-])C(F)(F)C(F)(F)F. The molecule has 8 heteroatoms. The van der Waals surface area contributed by atoms with E-state index >= 15 is 0 Å². The van der Waals surface area contributed by atoms with E-state index in [1.54, 1.807) is 0 Å². The normalized spacial score (nSPS) is 13.3. The predicted octanol–water partition coefficient (Wildman–Crippen LogP) is 1.42. The highest BCUT2D eigenvalue weighted by molar-refractivity contribution is 4.61. The Labute approximate surface area is 50.6 Å². The molecule has 0 bridgehead atoms. The van der Waals surface area contributed by atoms with E-state index in [2.05, 4.69) is 0 Å². The molecule has 0 saturated carbocycles. The molecule has 0 saturated heterocycles. The van der Waals surface area contributed by atoms with Crippen LogP contribution in [-0.2, 0) is 0 Å². The van der Waals surface area contributed by atoms with Crippen LogP contribution in [0.3, 0.4) is 0 Å². The van der Waals surface area contributed by atoms with Gasteiger partial charge in [0.15, 0.2) is 0 Å². The molecular formula is C2F5NO2. The first-order valence-corrected chi connectivity index (χ1v) is 1.78. The van der Waals surface area contributed by atoms with E-state index in [1.165, 1.54) is 0 Å². The van der Waals surface area contributed by atoms with Gasteiger partial charge in [0, 0.05) is 0 Å². The van der Waals surface area contributed by atoms with Crippen molar-refractivity contribution in [1.29, 1.82) is 0 Å². The Morgan fingerprint density at radius 3 is 1.40 bits per heavy atom. The molecule has 0 aromatic rings. The Hall–Kier alpha value is -0.950. The fourth-order valence-electron chi connectivity index (χ4n) is 0.104. The van der Waals surface area contributed by atoms with Crippen LogP contribution in [0.1, 0.15) is 0 Å². The lowest BCUT2D eigenvalue weighted by Crippen LogP contribution is -2.43. The lowest BCUT2D eigenvalue weighted by Gasteiger charge is -2.08. The summed E-state index contributed by atoms with van der Waals surface area (Å²) in [6.45, 7) is 0. The molecule has 0 amide bonds. The van der Waals surface area contributed by atoms with Crippen molar-refractivity contribution in [1.82, 2.24) is 0 Å². The molecule has 0 rings (SSSR count). The van der Waals surface area contributed by atoms with Gasteiger partial charge in [-0.1, -0.05) is 0 Å². The van der Waals surface area contributed by atoms with Crippen LogP contribution < -0.4 is 0 Å². The van der Waals surface area contributed by atoms with Crippen molar-refractivity contribution >= 4 is 0 Å². The van der Waals surface area contributed by atoms with Gasteiger partial charge in [0.25, 0.3) is 0 Å². The number of nitro groups is 1. The topological polar surface area (TPSA) is 43.1 Å². The zero-order valence-corrected chi connectivity index (χ0v) is 4.15. The summed E-state index contributed by atoms with van der Waals surface area (Å²) in [6.07, 6.45) is -6.11. The summed E-state index contributed by atoms with van der Waals surface area (Å²) in [5.74, 6) is 0. The van der Waals surface area contributed by atoms with Crippen LogP contribution in [0.4, 0.5) is 22.0 Å². The molecule has 0 unspecified atom stereocenters. The van der Waals surface area contributed by atoms with Gasteiger partial charge in [-0.05, 0) is 0 Å². The fraction of sp³-hybridized carbons (Fsp3) is 1.00. The first-order chi connectivity index (χ1) is 4.19. The maximum Gasteiger partial charge on any atom is 0.610 e. The van der Waals surface area contributed by atoms with Crippen LogP contribution in [-0.4, -0.2) is 17.1 Å². The molecule has 3 nitrogen and oxygen atoms in total. The highest BCUT2D eigenvalue weighted by Crippen LogP contribution is 2.35. The Bertz CT molecular complexity index is 150. The second kappa shape index (κ2) is 2.03. The van der Waals surface area contributed by atoms with Crippen molar-refractivity contribution < 1.29 is 26.9 Å². The zero-order valence-electron chi connectivity index (χ0n) is 4.15. The van der Waals surface area contributed by atoms with E-state index < -0.39 is 17.1 Å². The van der Waals surface area contributed by atoms with Crippen LogP contribution in [0, 0.1) is 10.1 Å². The van der Waals surface area contributed by atoms with Crippen molar-refractivity contribution in [3.63, 3.8) is 0 Å². The Kier molecular flexibility index (Phi) is 1.83. The molecule has 60 valence electrons. The van der Waals surface area contributed by atoms with Gasteiger partial charge in [0.1, 0.15) is 4.92 Å². The van der Waals surface area contributed by atoms with Gasteiger partial charge in [0.2, 0.25) is 0 Å². The molecule has 0 aliphatic heterocycles. The molecule has 10 heavy (non-hydrogen) atoms. The largest absolute Gasteiger partial charge is 0.610 e. The highest BCUT2D eigenvalue weighted by atomic mass is 19.4. The zero-order chi connectivity index (χ0) is 8.58. The lowest BCUT2D eigenvalue weighted by molar-refractivity contribution is -0.686. The molecule has 0 radical (unpaired) electrons. The van der Waals surface area contributed by atoms with Gasteiger partial charge >= 0.3 is 12.2 Å². The van der Waals surface area contributed by atoms with E-state index in [0.29, 0.717) is 0 Å². The van der Waals surface area contributed by atoms with Gasteiger partial charge in [0.05, 0.1) is 0 Å². The molecule has 0 heterocycles. The third-order valence-corrected chi connectivity index (χ3v) is 0.570. The van der Waals surface area contributed by atoms with Crippen LogP contribution >= 0.6 is 0 Å². The van der Waals surface area contributed by atoms with Crippen molar-refractivity contribution in [3.8, 4) is 0 Å². The third-order valence-electron chi connectivity index (χ3n) is 0.570. The molecule has 0 aliphatic rings. The summed E-state index contributed by atoms with van der Waals surface area (Å²) >= 11 is 0. The van der Waals surface area contributed by atoms with Crippen molar-refractivity contribution in [2.45, 2.75) is 12.2 Å². The smallest absolute Gasteiger partial charge is 0.259 e. The predicted molar refractivity (Wildman–Crippen MR) is 18.0 cm³/mol. The van der Waals surface area contributed by atoms with E-state index in [9.17, 15) is 22.0 Å². The maximum absolute atomic E-state index is 11.2. The van der Waals surface area contributed by atoms with E-state index in [1.807, 2.05) is 0 Å². The molecule has 0 atom stereocenters. The van der Waals surface area contributed by atoms with E-state index in [4.69, 9.17) is 10.1 Å². The van der Waals surface area contributed by atoms with Gasteiger partial charge in [-0.25, -0.2) is 0 Å². The van der Waals surface area contributed by atoms with Gasteiger partial charge in [-0.15, -0.1) is 8.78 Å². The first-order valence-electron chi connectivity index (χ1n) is 1.78. The number of rotatable bonds is 1. The van der Waals surface area contributed by atoms with Crippen LogP contribution in [0.15, 0.2) is 0 Å². The van der Waals surface area contributed by atoms with Crippen molar-refractivity contribution in [2.24, 2.45) is 0 Å². The molecule has 0 aromatic heterocycles. The minimum atomic E-state index is -6.11. The van der Waals surface area contributed by atoms with Gasteiger partial charge in [-0.3, -0.25) is 10.1 Å². The summed E-state index contributed by atoms with van der Waals surface area (Å²) in [6, 6.07) is -5.84. The lowest BCUT2D eigenvalue weighted by atomic mass is 10.6. The number of halogens is 5. The minimum Gasteiger partial charge on any atom is -0.259 e. The molecule has 0 N–H and O–H groups in total. The van der Waals surface area contributed by atoms with Crippen LogP contribution in [0.5, 0.6) is 0 Å². The standard InChI is InChI=1S/C2F5NO2/c3-1(4,5)2(6,7)8(9)10.